The van der Waals surface area contributed by atoms with Gasteiger partial charge in [0.25, 0.3) is 5.69 Å². The molecule has 160 valence electrons. The van der Waals surface area contributed by atoms with Crippen molar-refractivity contribution in [2.45, 2.75) is 37.3 Å². The Bertz CT molecular complexity index is 890. The van der Waals surface area contributed by atoms with Gasteiger partial charge in [-0.3, -0.25) is 20.0 Å². The summed E-state index contributed by atoms with van der Waals surface area (Å²) >= 11 is 1.36. The summed E-state index contributed by atoms with van der Waals surface area (Å²) in [5.41, 5.74) is 0.713. The predicted octanol–water partition coefficient (Wildman–Crippen LogP) is 2.89. The van der Waals surface area contributed by atoms with E-state index in [0.29, 0.717) is 48.7 Å². The molecule has 1 aliphatic carbocycles. The van der Waals surface area contributed by atoms with Crippen molar-refractivity contribution in [2.75, 3.05) is 36.8 Å². The number of rotatable bonds is 7. The number of piperazine rings is 1. The molecule has 9 nitrogen and oxygen atoms in total. The summed E-state index contributed by atoms with van der Waals surface area (Å²) in [7, 11) is 0. The van der Waals surface area contributed by atoms with E-state index in [1.165, 1.54) is 43.5 Å². The summed E-state index contributed by atoms with van der Waals surface area (Å²) in [4.78, 5) is 31.8. The molecule has 2 fully saturated rings. The number of nitro benzene ring substituents is 1. The van der Waals surface area contributed by atoms with Crippen LogP contribution in [0.25, 0.3) is 0 Å². The van der Waals surface area contributed by atoms with E-state index in [0.717, 1.165) is 12.2 Å². The normalized spacial score (nSPS) is 17.5. The van der Waals surface area contributed by atoms with Crippen LogP contribution in [-0.4, -0.2) is 62.8 Å². The Morgan fingerprint density at radius 1 is 1.20 bits per heavy atom. The van der Waals surface area contributed by atoms with Gasteiger partial charge in [-0.2, -0.15) is 0 Å². The van der Waals surface area contributed by atoms with E-state index in [2.05, 4.69) is 15.2 Å². The molecular formula is C20H26N6O3S. The predicted molar refractivity (Wildman–Crippen MR) is 115 cm³/mol. The maximum Gasteiger partial charge on any atom is 0.292 e. The first-order valence-corrected chi connectivity index (χ1v) is 11.4. The monoisotopic (exact) mass is 430 g/mol. The third-order valence-electron chi connectivity index (χ3n) is 5.84. The quantitative estimate of drug-likeness (QED) is 0.409. The van der Waals surface area contributed by atoms with Crippen LogP contribution in [0.3, 0.4) is 0 Å². The molecule has 1 aromatic heterocycles. The van der Waals surface area contributed by atoms with Gasteiger partial charge in [0.1, 0.15) is 11.5 Å². The molecule has 2 aliphatic rings. The highest BCUT2D eigenvalue weighted by atomic mass is 32.2. The van der Waals surface area contributed by atoms with Gasteiger partial charge in [0.05, 0.1) is 10.7 Å². The summed E-state index contributed by atoms with van der Waals surface area (Å²) in [6.45, 7) is 2.25. The van der Waals surface area contributed by atoms with Gasteiger partial charge in [-0.15, -0.1) is 5.10 Å². The van der Waals surface area contributed by atoms with Crippen LogP contribution in [0.15, 0.2) is 29.4 Å². The van der Waals surface area contributed by atoms with Crippen LogP contribution in [0.4, 0.5) is 11.4 Å². The molecule has 10 heteroatoms. The number of aromatic amines is 1. The summed E-state index contributed by atoms with van der Waals surface area (Å²) in [6, 6.07) is 6.74. The lowest BCUT2D eigenvalue weighted by Crippen LogP contribution is -2.49. The van der Waals surface area contributed by atoms with Crippen LogP contribution in [0.2, 0.25) is 0 Å². The van der Waals surface area contributed by atoms with Crippen LogP contribution < -0.4 is 4.90 Å². The number of carbonyl (C=O) groups is 1. The van der Waals surface area contributed by atoms with E-state index in [1.807, 2.05) is 9.80 Å². The van der Waals surface area contributed by atoms with Crippen molar-refractivity contribution < 1.29 is 9.72 Å². The van der Waals surface area contributed by atoms with E-state index in [1.54, 1.807) is 18.2 Å². The second-order valence-electron chi connectivity index (χ2n) is 7.82. The van der Waals surface area contributed by atoms with Gasteiger partial charge in [0.2, 0.25) is 11.1 Å². The van der Waals surface area contributed by atoms with Crippen molar-refractivity contribution >= 4 is 29.0 Å². The average Bonchev–Trinajstić information content (AvgIpc) is 3.44. The molecule has 1 N–H and O–H groups in total. The number of nitrogens with zero attached hydrogens (tertiary/aromatic N) is 5. The molecule has 1 aliphatic heterocycles. The van der Waals surface area contributed by atoms with Gasteiger partial charge in [0.15, 0.2) is 0 Å². The fraction of sp³-hybridized carbons (Fsp3) is 0.550. The maximum atomic E-state index is 12.6. The average molecular weight is 431 g/mol. The van der Waals surface area contributed by atoms with Crippen molar-refractivity contribution in [3.05, 3.63) is 40.2 Å². The van der Waals surface area contributed by atoms with Crippen LogP contribution >= 0.6 is 11.8 Å². The first-order valence-electron chi connectivity index (χ1n) is 10.4. The van der Waals surface area contributed by atoms with Crippen molar-refractivity contribution in [1.82, 2.24) is 20.1 Å². The summed E-state index contributed by atoms with van der Waals surface area (Å²) in [6.07, 6.45) is 6.08. The Kier molecular flexibility index (Phi) is 6.51. The third-order valence-corrected chi connectivity index (χ3v) is 6.68. The number of thioether (sulfide) groups is 1. The number of anilines is 1. The van der Waals surface area contributed by atoms with Gasteiger partial charge in [-0.05, 0) is 12.0 Å². The standard InChI is InChI=1S/C20H26N6O3S/c27-19(14-30-20-21-18(22-23-20)13-15-5-1-2-6-15)25-11-9-24(10-12-25)16-7-3-4-8-17(16)26(28)29/h3-4,7-8,15H,1-2,5-6,9-14H2,(H,21,22,23). The third kappa shape index (κ3) is 4.92. The molecule has 2 aromatic rings. The number of aromatic nitrogens is 3. The lowest BCUT2D eigenvalue weighted by molar-refractivity contribution is -0.384. The van der Waals surface area contributed by atoms with E-state index in [4.69, 9.17) is 0 Å². The van der Waals surface area contributed by atoms with E-state index in [-0.39, 0.29) is 16.5 Å². The molecule has 1 saturated carbocycles. The van der Waals surface area contributed by atoms with Crippen LogP contribution in [0, 0.1) is 16.0 Å². The van der Waals surface area contributed by atoms with Gasteiger partial charge in [0, 0.05) is 38.7 Å². The molecule has 0 bridgehead atoms. The highest BCUT2D eigenvalue weighted by Gasteiger charge is 2.25. The highest BCUT2D eigenvalue weighted by Crippen LogP contribution is 2.29. The first kappa shape index (κ1) is 20.6. The largest absolute Gasteiger partial charge is 0.362 e. The van der Waals surface area contributed by atoms with Crippen molar-refractivity contribution in [3.63, 3.8) is 0 Å². The first-order chi connectivity index (χ1) is 14.6. The van der Waals surface area contributed by atoms with Crippen molar-refractivity contribution in [3.8, 4) is 0 Å². The number of hydrogen-bond acceptors (Lipinski definition) is 7. The summed E-state index contributed by atoms with van der Waals surface area (Å²) in [5.74, 6) is 1.96. The van der Waals surface area contributed by atoms with Gasteiger partial charge in [-0.1, -0.05) is 49.6 Å². The zero-order chi connectivity index (χ0) is 20.9. The molecule has 0 spiro atoms. The molecule has 4 rings (SSSR count). The number of benzene rings is 1. The lowest BCUT2D eigenvalue weighted by atomic mass is 10.0. The Morgan fingerprint density at radius 2 is 1.93 bits per heavy atom. The number of amides is 1. The van der Waals surface area contributed by atoms with Gasteiger partial charge >= 0.3 is 0 Å². The fourth-order valence-electron chi connectivity index (χ4n) is 4.22. The molecule has 1 amide bonds. The molecule has 30 heavy (non-hydrogen) atoms. The lowest BCUT2D eigenvalue weighted by Gasteiger charge is -2.35. The minimum atomic E-state index is -0.360. The molecule has 0 atom stereocenters. The topological polar surface area (TPSA) is 108 Å². The Labute approximate surface area is 179 Å². The SMILES string of the molecule is O=C(CSc1n[nH]c(CC2CCCC2)n1)N1CCN(c2ccccc2[N+](=O)[O-])CC1. The number of para-hydroxylation sites is 2. The van der Waals surface area contributed by atoms with Crippen LogP contribution in [0.1, 0.15) is 31.5 Å². The molecule has 0 unspecified atom stereocenters. The van der Waals surface area contributed by atoms with Crippen LogP contribution in [0.5, 0.6) is 0 Å². The Morgan fingerprint density at radius 3 is 2.67 bits per heavy atom. The second-order valence-corrected chi connectivity index (χ2v) is 8.76. The van der Waals surface area contributed by atoms with Crippen LogP contribution in [-0.2, 0) is 11.2 Å². The highest BCUT2D eigenvalue weighted by molar-refractivity contribution is 7.99. The van der Waals surface area contributed by atoms with Crippen molar-refractivity contribution in [2.24, 2.45) is 5.92 Å². The minimum absolute atomic E-state index is 0.0457. The summed E-state index contributed by atoms with van der Waals surface area (Å²) < 4.78 is 0. The molecule has 0 radical (unpaired) electrons. The smallest absolute Gasteiger partial charge is 0.292 e. The number of H-pyrrole nitrogens is 1. The van der Waals surface area contributed by atoms with E-state index in [9.17, 15) is 14.9 Å². The molecular weight excluding hydrogens is 404 g/mol. The minimum Gasteiger partial charge on any atom is -0.362 e. The number of hydrogen-bond donors (Lipinski definition) is 1. The summed E-state index contributed by atoms with van der Waals surface area (Å²) in [5, 5.41) is 19.1. The van der Waals surface area contributed by atoms with Gasteiger partial charge < -0.3 is 9.80 Å². The molecule has 1 saturated heterocycles. The van der Waals surface area contributed by atoms with Gasteiger partial charge in [-0.25, -0.2) is 4.98 Å². The molecule has 1 aromatic carbocycles. The fourth-order valence-corrected chi connectivity index (χ4v) is 4.94. The zero-order valence-corrected chi connectivity index (χ0v) is 17.6. The van der Waals surface area contributed by atoms with E-state index < -0.39 is 0 Å². The number of nitrogens with one attached hydrogen (secondary N) is 1. The Balaban J connectivity index is 1.25. The maximum absolute atomic E-state index is 12.6. The van der Waals surface area contributed by atoms with E-state index >= 15 is 0 Å². The van der Waals surface area contributed by atoms with Crippen molar-refractivity contribution in [1.29, 1.82) is 0 Å². The Hall–Kier alpha value is -2.62. The number of carbonyl (C=O) groups excluding carboxylic acids is 1. The molecule has 2 heterocycles. The second kappa shape index (κ2) is 9.46. The number of nitro groups is 1. The zero-order valence-electron chi connectivity index (χ0n) is 16.8.